The average molecular weight is 460 g/mol. The summed E-state index contributed by atoms with van der Waals surface area (Å²) in [6, 6.07) is 15.4. The molecule has 1 unspecified atom stereocenters. The number of hydrogen-bond donors (Lipinski definition) is 1. The Balaban J connectivity index is 1.36. The van der Waals surface area contributed by atoms with Crippen molar-refractivity contribution in [1.29, 1.82) is 0 Å². The lowest BCUT2D eigenvalue weighted by Gasteiger charge is -2.14. The number of nitrogens with zero attached hydrogens (tertiary/aromatic N) is 6. The number of fused-ring (bicyclic) bond motifs is 2. The van der Waals surface area contributed by atoms with Crippen molar-refractivity contribution in [3.8, 4) is 11.4 Å². The Morgan fingerprint density at radius 3 is 2.79 bits per heavy atom. The zero-order valence-corrected chi connectivity index (χ0v) is 18.5. The molecule has 0 bridgehead atoms. The van der Waals surface area contributed by atoms with E-state index in [-0.39, 0.29) is 17.5 Å². The lowest BCUT2D eigenvalue weighted by atomic mass is 10.1. The molecule has 33 heavy (non-hydrogen) atoms. The molecule has 166 valence electrons. The van der Waals surface area contributed by atoms with Crippen molar-refractivity contribution in [2.45, 2.75) is 36.5 Å². The van der Waals surface area contributed by atoms with Crippen molar-refractivity contribution in [2.24, 2.45) is 0 Å². The smallest absolute Gasteiger partial charge is 0.278 e. The van der Waals surface area contributed by atoms with E-state index in [1.54, 1.807) is 12.1 Å². The van der Waals surface area contributed by atoms with E-state index >= 15 is 0 Å². The van der Waals surface area contributed by atoms with Crippen molar-refractivity contribution < 1.29 is 4.74 Å². The minimum atomic E-state index is -0.171. The highest BCUT2D eigenvalue weighted by Gasteiger charge is 2.23. The van der Waals surface area contributed by atoms with Gasteiger partial charge in [-0.3, -0.25) is 9.36 Å². The van der Waals surface area contributed by atoms with Gasteiger partial charge in [0.1, 0.15) is 5.52 Å². The van der Waals surface area contributed by atoms with E-state index in [0.717, 1.165) is 41.7 Å². The Kier molecular flexibility index (Phi) is 5.16. The molecule has 10 heteroatoms. The quantitative estimate of drug-likeness (QED) is 0.388. The summed E-state index contributed by atoms with van der Waals surface area (Å²) in [7, 11) is 0. The number of H-pyrrole nitrogens is 1. The number of thioether (sulfide) groups is 1. The van der Waals surface area contributed by atoms with Crippen LogP contribution in [0.2, 0.25) is 0 Å². The van der Waals surface area contributed by atoms with Crippen molar-refractivity contribution >= 4 is 33.6 Å². The van der Waals surface area contributed by atoms with Crippen LogP contribution in [0.3, 0.4) is 0 Å². The van der Waals surface area contributed by atoms with Gasteiger partial charge in [-0.1, -0.05) is 47.3 Å². The molecule has 0 aliphatic carbocycles. The molecule has 1 aliphatic rings. The van der Waals surface area contributed by atoms with Crippen LogP contribution in [0, 0.1) is 0 Å². The third-order valence-electron chi connectivity index (χ3n) is 5.90. The average Bonchev–Trinajstić information content (AvgIpc) is 3.60. The summed E-state index contributed by atoms with van der Waals surface area (Å²) in [6.07, 6.45) is 4.15. The number of aromatic amines is 1. The highest BCUT2D eigenvalue weighted by molar-refractivity contribution is 7.98. The third kappa shape index (κ3) is 3.70. The van der Waals surface area contributed by atoms with Crippen LogP contribution in [0.4, 0.5) is 0 Å². The van der Waals surface area contributed by atoms with E-state index < -0.39 is 0 Å². The molecule has 6 rings (SSSR count). The molecule has 0 radical (unpaired) electrons. The highest BCUT2D eigenvalue weighted by Crippen LogP contribution is 2.31. The predicted molar refractivity (Wildman–Crippen MR) is 126 cm³/mol. The van der Waals surface area contributed by atoms with E-state index in [1.807, 2.05) is 36.5 Å². The van der Waals surface area contributed by atoms with Crippen LogP contribution < -0.4 is 5.56 Å². The second kappa shape index (κ2) is 8.45. The number of aromatic nitrogens is 7. The van der Waals surface area contributed by atoms with Crippen LogP contribution in [0.5, 0.6) is 0 Å². The largest absolute Gasteiger partial charge is 0.376 e. The van der Waals surface area contributed by atoms with E-state index in [4.69, 9.17) is 4.74 Å². The maximum Gasteiger partial charge on any atom is 0.278 e. The molecule has 1 atom stereocenters. The maximum absolute atomic E-state index is 12.8. The van der Waals surface area contributed by atoms with Gasteiger partial charge in [0.05, 0.1) is 23.9 Å². The molecule has 0 amide bonds. The first-order chi connectivity index (χ1) is 16.3. The van der Waals surface area contributed by atoms with Gasteiger partial charge in [-0.15, -0.1) is 15.3 Å². The van der Waals surface area contributed by atoms with Gasteiger partial charge in [-0.2, -0.15) is 4.68 Å². The standard InChI is InChI=1S/C23H21N7O2S/c31-22-17-8-2-4-10-20(17)25-28-30(22)14-33-23-27-26-21(29(23)13-15-6-5-11-32-15)18-12-24-19-9-3-1-7-16(18)19/h1-4,7-10,12,15,24H,5-6,11,13-14H2. The summed E-state index contributed by atoms with van der Waals surface area (Å²) >= 11 is 1.41. The minimum absolute atomic E-state index is 0.118. The number of rotatable bonds is 6. The van der Waals surface area contributed by atoms with Crippen LogP contribution >= 0.6 is 11.8 Å². The fourth-order valence-corrected chi connectivity index (χ4v) is 5.06. The molecule has 0 spiro atoms. The summed E-state index contributed by atoms with van der Waals surface area (Å²) in [5.41, 5.74) is 2.46. The molecule has 0 saturated carbocycles. The lowest BCUT2D eigenvalue weighted by Crippen LogP contribution is -2.23. The van der Waals surface area contributed by atoms with Crippen molar-refractivity contribution in [3.63, 3.8) is 0 Å². The Morgan fingerprint density at radius 1 is 1.06 bits per heavy atom. The lowest BCUT2D eigenvalue weighted by molar-refractivity contribution is 0.0953. The van der Waals surface area contributed by atoms with Crippen LogP contribution in [-0.2, 0) is 17.2 Å². The number of nitrogens with one attached hydrogen (secondary N) is 1. The molecule has 2 aromatic carbocycles. The molecule has 4 heterocycles. The van der Waals surface area contributed by atoms with E-state index in [2.05, 4.69) is 36.1 Å². The van der Waals surface area contributed by atoms with Gasteiger partial charge in [-0.05, 0) is 31.0 Å². The maximum atomic E-state index is 12.8. The predicted octanol–water partition coefficient (Wildman–Crippen LogP) is 3.46. The molecule has 5 aromatic rings. The number of benzene rings is 2. The molecule has 9 nitrogen and oxygen atoms in total. The van der Waals surface area contributed by atoms with Crippen LogP contribution in [-0.4, -0.2) is 47.5 Å². The van der Waals surface area contributed by atoms with E-state index in [9.17, 15) is 4.79 Å². The van der Waals surface area contributed by atoms with Gasteiger partial charge in [0.2, 0.25) is 0 Å². The molecular formula is C23H21N7O2S. The summed E-state index contributed by atoms with van der Waals surface area (Å²) < 4.78 is 9.36. The Hall–Kier alpha value is -3.50. The van der Waals surface area contributed by atoms with Crippen LogP contribution in [0.1, 0.15) is 12.8 Å². The highest BCUT2D eigenvalue weighted by atomic mass is 32.2. The van der Waals surface area contributed by atoms with Crippen LogP contribution in [0.25, 0.3) is 33.2 Å². The second-order valence-corrected chi connectivity index (χ2v) is 8.90. The van der Waals surface area contributed by atoms with E-state index in [1.165, 1.54) is 16.4 Å². The van der Waals surface area contributed by atoms with Gasteiger partial charge in [0.25, 0.3) is 5.56 Å². The second-order valence-electron chi connectivity index (χ2n) is 7.98. The molecule has 1 saturated heterocycles. The monoisotopic (exact) mass is 459 g/mol. The van der Waals surface area contributed by atoms with Crippen molar-refractivity contribution in [1.82, 2.24) is 34.7 Å². The normalized spacial score (nSPS) is 16.2. The molecule has 3 aromatic heterocycles. The summed E-state index contributed by atoms with van der Waals surface area (Å²) in [5.74, 6) is 1.07. The molecule has 1 N–H and O–H groups in total. The Morgan fingerprint density at radius 2 is 1.91 bits per heavy atom. The third-order valence-corrected chi connectivity index (χ3v) is 6.84. The zero-order chi connectivity index (χ0) is 22.2. The minimum Gasteiger partial charge on any atom is -0.376 e. The summed E-state index contributed by atoms with van der Waals surface area (Å²) in [5, 5.41) is 19.6. The first-order valence-electron chi connectivity index (χ1n) is 10.8. The summed E-state index contributed by atoms with van der Waals surface area (Å²) in [4.78, 5) is 16.1. The molecule has 1 fully saturated rings. The Bertz CT molecular complexity index is 1500. The number of hydrogen-bond acceptors (Lipinski definition) is 7. The summed E-state index contributed by atoms with van der Waals surface area (Å²) in [6.45, 7) is 1.43. The zero-order valence-electron chi connectivity index (χ0n) is 17.7. The molecular weight excluding hydrogens is 438 g/mol. The topological polar surface area (TPSA) is 104 Å². The first-order valence-corrected chi connectivity index (χ1v) is 11.8. The van der Waals surface area contributed by atoms with Crippen molar-refractivity contribution in [2.75, 3.05) is 6.61 Å². The fourth-order valence-electron chi connectivity index (χ4n) is 4.23. The SMILES string of the molecule is O=c1c2ccccc2nnn1CSc1nnc(-c2c[nH]c3ccccc23)n1CC1CCCO1. The number of para-hydroxylation sites is 1. The van der Waals surface area contributed by atoms with Gasteiger partial charge in [0, 0.05) is 29.3 Å². The van der Waals surface area contributed by atoms with Gasteiger partial charge in [-0.25, -0.2) is 0 Å². The first kappa shape index (κ1) is 20.1. The van der Waals surface area contributed by atoms with Gasteiger partial charge in [0.15, 0.2) is 11.0 Å². The van der Waals surface area contributed by atoms with Gasteiger partial charge >= 0.3 is 0 Å². The fraction of sp³-hybridized carbons (Fsp3) is 0.261. The Labute approximate surface area is 192 Å². The molecule has 1 aliphatic heterocycles. The van der Waals surface area contributed by atoms with Gasteiger partial charge < -0.3 is 9.72 Å². The van der Waals surface area contributed by atoms with E-state index in [0.29, 0.717) is 22.6 Å². The van der Waals surface area contributed by atoms with Crippen molar-refractivity contribution in [3.05, 3.63) is 65.1 Å². The van der Waals surface area contributed by atoms with Crippen LogP contribution in [0.15, 0.2) is 64.7 Å². The number of ether oxygens (including phenoxy) is 1.